The second-order valence-corrected chi connectivity index (χ2v) is 7.02. The molecule has 0 saturated carbocycles. The van der Waals surface area contributed by atoms with E-state index in [-0.39, 0.29) is 0 Å². The van der Waals surface area contributed by atoms with Gasteiger partial charge in [-0.2, -0.15) is 4.68 Å². The highest BCUT2D eigenvalue weighted by Gasteiger charge is 2.18. The van der Waals surface area contributed by atoms with Crippen molar-refractivity contribution in [2.24, 2.45) is 0 Å². The third-order valence-corrected chi connectivity index (χ3v) is 4.85. The third kappa shape index (κ3) is 2.88. The zero-order chi connectivity index (χ0) is 17.4. The van der Waals surface area contributed by atoms with Crippen molar-refractivity contribution in [3.63, 3.8) is 0 Å². The van der Waals surface area contributed by atoms with Gasteiger partial charge in [0.15, 0.2) is 6.20 Å². The summed E-state index contributed by atoms with van der Waals surface area (Å²) < 4.78 is 4.21. The topological polar surface area (TPSA) is 34.1 Å². The molecule has 4 nitrogen and oxygen atoms in total. The molecule has 1 atom stereocenters. The van der Waals surface area contributed by atoms with Gasteiger partial charge in [0.05, 0.1) is 5.52 Å². The van der Waals surface area contributed by atoms with Crippen molar-refractivity contribution in [1.29, 1.82) is 0 Å². The molecule has 0 aliphatic rings. The van der Waals surface area contributed by atoms with Crippen LogP contribution < -0.4 is 4.68 Å². The van der Waals surface area contributed by atoms with Crippen molar-refractivity contribution in [2.75, 3.05) is 0 Å². The summed E-state index contributed by atoms with van der Waals surface area (Å²) >= 11 is 0. The van der Waals surface area contributed by atoms with Gasteiger partial charge >= 0.3 is 0 Å². The van der Waals surface area contributed by atoms with E-state index >= 15 is 0 Å². The van der Waals surface area contributed by atoms with Gasteiger partial charge in [0, 0.05) is 28.2 Å². The maximum Gasteiger partial charge on any atom is 0.171 e. The highest BCUT2D eigenvalue weighted by molar-refractivity contribution is 5.78. The molecule has 25 heavy (non-hydrogen) atoms. The van der Waals surface area contributed by atoms with Crippen LogP contribution in [0.2, 0.25) is 0 Å². The Kier molecular flexibility index (Phi) is 3.96. The highest BCUT2D eigenvalue weighted by Crippen LogP contribution is 2.21. The number of fused-ring (bicyclic) bond motifs is 2. The van der Waals surface area contributed by atoms with Gasteiger partial charge in [-0.25, -0.2) is 0 Å². The molecule has 0 aliphatic carbocycles. The fourth-order valence-corrected chi connectivity index (χ4v) is 3.38. The number of nitrogens with zero attached hydrogens (tertiary/aromatic N) is 4. The lowest BCUT2D eigenvalue weighted by Crippen LogP contribution is -2.44. The molecule has 4 rings (SSSR count). The van der Waals surface area contributed by atoms with Crippen LogP contribution in [0.15, 0.2) is 61.1 Å². The molecule has 1 unspecified atom stereocenters. The average Bonchev–Trinajstić information content (AvgIpc) is 3.06. The Morgan fingerprint density at radius 2 is 1.96 bits per heavy atom. The summed E-state index contributed by atoms with van der Waals surface area (Å²) in [6.07, 6.45) is 5.93. The summed E-state index contributed by atoms with van der Waals surface area (Å²) in [6.45, 7) is 7.54. The zero-order valence-electron chi connectivity index (χ0n) is 14.9. The molecule has 0 aliphatic heterocycles. The predicted octanol–water partition coefficient (Wildman–Crippen LogP) is 4.10. The van der Waals surface area contributed by atoms with Crippen LogP contribution in [0.3, 0.4) is 0 Å². The van der Waals surface area contributed by atoms with Crippen LogP contribution in [0.5, 0.6) is 0 Å². The summed E-state index contributed by atoms with van der Waals surface area (Å²) in [7, 11) is 0. The van der Waals surface area contributed by atoms with Crippen LogP contribution in [-0.4, -0.2) is 14.7 Å². The quantitative estimate of drug-likeness (QED) is 0.528. The molecule has 4 heteroatoms. The van der Waals surface area contributed by atoms with E-state index in [1.807, 2.05) is 23.1 Å². The average molecular weight is 331 g/mol. The first-order valence-electron chi connectivity index (χ1n) is 8.84. The molecule has 1 aromatic carbocycles. The van der Waals surface area contributed by atoms with E-state index in [0.717, 1.165) is 12.1 Å². The summed E-state index contributed by atoms with van der Waals surface area (Å²) in [4.78, 5) is 4.48. The van der Waals surface area contributed by atoms with E-state index in [2.05, 4.69) is 78.1 Å². The van der Waals surface area contributed by atoms with Crippen molar-refractivity contribution in [1.82, 2.24) is 14.7 Å². The smallest absolute Gasteiger partial charge is 0.171 e. The van der Waals surface area contributed by atoms with E-state index in [1.54, 1.807) is 0 Å². The number of benzene rings is 1. The van der Waals surface area contributed by atoms with Crippen LogP contribution in [-0.2, 0) is 6.54 Å². The monoisotopic (exact) mass is 331 g/mol. The molecule has 3 aromatic heterocycles. The van der Waals surface area contributed by atoms with E-state index in [1.165, 1.54) is 22.0 Å². The van der Waals surface area contributed by atoms with Crippen molar-refractivity contribution in [3.8, 4) is 0 Å². The number of rotatable bonds is 4. The minimum Gasteiger partial charge on any atom is -0.256 e. The minimum atomic E-state index is 0.369. The van der Waals surface area contributed by atoms with Crippen molar-refractivity contribution < 1.29 is 4.68 Å². The third-order valence-electron chi connectivity index (χ3n) is 4.85. The van der Waals surface area contributed by atoms with Gasteiger partial charge < -0.3 is 0 Å². The Balaban J connectivity index is 1.68. The van der Waals surface area contributed by atoms with Gasteiger partial charge in [0.2, 0.25) is 0 Å². The molecule has 0 bridgehead atoms. The number of hydrogen-bond acceptors (Lipinski definition) is 2. The van der Waals surface area contributed by atoms with Crippen LogP contribution in [0.4, 0.5) is 0 Å². The zero-order valence-corrected chi connectivity index (χ0v) is 14.9. The standard InChI is InChI=1S/C21H23N4/c1-15(2)19-13-23-25-21(19)7-5-11-24(25)14-16(3)18-9-8-17-6-4-10-22-20(17)12-18/h4-13,15-16H,14H2,1-3H3/q+1. The molecule has 0 radical (unpaired) electrons. The van der Waals surface area contributed by atoms with Crippen molar-refractivity contribution >= 4 is 16.4 Å². The Labute approximate surface area is 147 Å². The van der Waals surface area contributed by atoms with Gasteiger partial charge in [-0.1, -0.05) is 39.0 Å². The molecule has 0 saturated heterocycles. The van der Waals surface area contributed by atoms with Crippen molar-refractivity contribution in [2.45, 2.75) is 39.2 Å². The lowest BCUT2D eigenvalue weighted by Gasteiger charge is -2.12. The SMILES string of the molecule is CC(C)c1cnn2c1ccc[n+]2CC(C)c1ccc2cccnc2c1. The minimum absolute atomic E-state index is 0.369. The molecule has 0 amide bonds. The van der Waals surface area contributed by atoms with E-state index in [4.69, 9.17) is 0 Å². The summed E-state index contributed by atoms with van der Waals surface area (Å²) in [6, 6.07) is 14.9. The fraction of sp³-hybridized carbons (Fsp3) is 0.286. The lowest BCUT2D eigenvalue weighted by atomic mass is 9.99. The number of aromatic nitrogens is 4. The van der Waals surface area contributed by atoms with Crippen LogP contribution >= 0.6 is 0 Å². The fourth-order valence-electron chi connectivity index (χ4n) is 3.38. The number of hydrogen-bond donors (Lipinski definition) is 0. The van der Waals surface area contributed by atoms with Gasteiger partial charge in [-0.05, 0) is 40.4 Å². The molecule has 4 aromatic rings. The molecule has 0 fully saturated rings. The predicted molar refractivity (Wildman–Crippen MR) is 99.6 cm³/mol. The first kappa shape index (κ1) is 15.8. The number of pyridine rings is 1. The van der Waals surface area contributed by atoms with Gasteiger partial charge in [0.1, 0.15) is 18.3 Å². The van der Waals surface area contributed by atoms with Crippen LogP contribution in [0, 0.1) is 0 Å². The van der Waals surface area contributed by atoms with Gasteiger partial charge in [-0.3, -0.25) is 4.98 Å². The van der Waals surface area contributed by atoms with Crippen molar-refractivity contribution in [3.05, 3.63) is 72.2 Å². The molecule has 0 N–H and O–H groups in total. The van der Waals surface area contributed by atoms with E-state index in [9.17, 15) is 0 Å². The summed E-state index contributed by atoms with van der Waals surface area (Å²) in [5.41, 5.74) is 4.82. The molecular formula is C21H23N4+. The molecule has 0 spiro atoms. The largest absolute Gasteiger partial charge is 0.256 e. The Morgan fingerprint density at radius 1 is 1.08 bits per heavy atom. The molecule has 126 valence electrons. The molecule has 3 heterocycles. The summed E-state index contributed by atoms with van der Waals surface area (Å²) in [5.74, 6) is 0.839. The van der Waals surface area contributed by atoms with E-state index < -0.39 is 0 Å². The maximum atomic E-state index is 4.60. The van der Waals surface area contributed by atoms with Gasteiger partial charge in [0.25, 0.3) is 0 Å². The Bertz CT molecular complexity index is 1030. The lowest BCUT2D eigenvalue weighted by molar-refractivity contribution is -0.770. The van der Waals surface area contributed by atoms with Crippen LogP contribution in [0.25, 0.3) is 16.4 Å². The first-order valence-corrected chi connectivity index (χ1v) is 8.84. The van der Waals surface area contributed by atoms with E-state index in [0.29, 0.717) is 11.8 Å². The Hall–Kier alpha value is -2.75. The summed E-state index contributed by atoms with van der Waals surface area (Å²) in [5, 5.41) is 5.79. The van der Waals surface area contributed by atoms with Gasteiger partial charge in [-0.15, -0.1) is 0 Å². The second kappa shape index (κ2) is 6.28. The highest BCUT2D eigenvalue weighted by atomic mass is 15.5. The maximum absolute atomic E-state index is 4.60. The first-order chi connectivity index (χ1) is 12.1. The second-order valence-electron chi connectivity index (χ2n) is 7.02. The normalized spacial score (nSPS) is 13.0. The molecular weight excluding hydrogens is 308 g/mol. The van der Waals surface area contributed by atoms with Crippen LogP contribution in [0.1, 0.15) is 43.7 Å². The Morgan fingerprint density at radius 3 is 2.80 bits per heavy atom.